The number of hydrogen-bond donors (Lipinski definition) is 2. The molecule has 2 aromatic carbocycles. The minimum Gasteiger partial charge on any atom is -0.465 e. The normalized spacial score (nSPS) is 12.0. The molecule has 8 nitrogen and oxygen atoms in total. The summed E-state index contributed by atoms with van der Waals surface area (Å²) >= 11 is 0. The van der Waals surface area contributed by atoms with Crippen molar-refractivity contribution in [2.24, 2.45) is 5.92 Å². The summed E-state index contributed by atoms with van der Waals surface area (Å²) in [4.78, 5) is 39.9. The molecule has 8 heteroatoms. The number of alkyl carbamates (subject to hydrolysis) is 1. The van der Waals surface area contributed by atoms with Gasteiger partial charge in [0, 0.05) is 35.3 Å². The van der Waals surface area contributed by atoms with Crippen LogP contribution in [0.15, 0.2) is 53.3 Å². The fourth-order valence-electron chi connectivity index (χ4n) is 4.55. The second-order valence-corrected chi connectivity index (χ2v) is 12.3. The molecule has 0 bridgehead atoms. The molecule has 0 saturated carbocycles. The second kappa shape index (κ2) is 11.5. The Kier molecular flexibility index (Phi) is 8.78. The van der Waals surface area contributed by atoms with Crippen LogP contribution in [0.2, 0.25) is 0 Å². The molecular weight excluding hydrogens is 494 g/mol. The third kappa shape index (κ3) is 7.40. The summed E-state index contributed by atoms with van der Waals surface area (Å²) < 4.78 is 7.20. The number of pyridine rings is 1. The molecule has 0 atom stereocenters. The highest BCUT2D eigenvalue weighted by atomic mass is 16.6. The SMILES string of the molecule is CC(C)Cn1c(CNC(=O)OC(C)(C)C)c(-c2ccccc2)c2cc(CN(C(=O)O)C(C)(C)C)ccc2c1=O. The Labute approximate surface area is 230 Å². The number of carbonyl (C=O) groups excluding carboxylic acids is 1. The van der Waals surface area contributed by atoms with Gasteiger partial charge in [0.2, 0.25) is 0 Å². The van der Waals surface area contributed by atoms with E-state index in [-0.39, 0.29) is 24.6 Å². The van der Waals surface area contributed by atoms with Crippen molar-refractivity contribution < 1.29 is 19.4 Å². The minimum absolute atomic E-state index is 0.0878. The molecule has 3 aromatic rings. The van der Waals surface area contributed by atoms with Gasteiger partial charge in [-0.3, -0.25) is 9.69 Å². The summed E-state index contributed by atoms with van der Waals surface area (Å²) in [5.41, 5.74) is 1.73. The third-order valence-electron chi connectivity index (χ3n) is 6.23. The first-order chi connectivity index (χ1) is 18.1. The van der Waals surface area contributed by atoms with E-state index in [2.05, 4.69) is 5.32 Å². The van der Waals surface area contributed by atoms with Crippen LogP contribution in [0.3, 0.4) is 0 Å². The fraction of sp³-hybridized carbons (Fsp3) is 0.452. The first kappa shape index (κ1) is 29.7. The summed E-state index contributed by atoms with van der Waals surface area (Å²) in [6.45, 7) is 15.8. The first-order valence-corrected chi connectivity index (χ1v) is 13.3. The average molecular weight is 536 g/mol. The maximum absolute atomic E-state index is 13.9. The van der Waals surface area contributed by atoms with Gasteiger partial charge < -0.3 is 19.7 Å². The van der Waals surface area contributed by atoms with E-state index >= 15 is 0 Å². The van der Waals surface area contributed by atoms with E-state index in [1.807, 2.05) is 77.1 Å². The van der Waals surface area contributed by atoms with Crippen molar-refractivity contribution in [3.8, 4) is 11.1 Å². The number of hydrogen-bond acceptors (Lipinski definition) is 4. The van der Waals surface area contributed by atoms with Gasteiger partial charge >= 0.3 is 12.2 Å². The summed E-state index contributed by atoms with van der Waals surface area (Å²) in [7, 11) is 0. The van der Waals surface area contributed by atoms with Crippen LogP contribution in [0.4, 0.5) is 9.59 Å². The van der Waals surface area contributed by atoms with Crippen LogP contribution in [-0.2, 0) is 24.4 Å². The Bertz CT molecular complexity index is 1400. The number of carbonyl (C=O) groups is 2. The molecule has 1 heterocycles. The largest absolute Gasteiger partial charge is 0.465 e. The lowest BCUT2D eigenvalue weighted by molar-refractivity contribution is 0.0522. The monoisotopic (exact) mass is 535 g/mol. The highest BCUT2D eigenvalue weighted by Crippen LogP contribution is 2.32. The van der Waals surface area contributed by atoms with E-state index in [0.717, 1.165) is 16.7 Å². The third-order valence-corrected chi connectivity index (χ3v) is 6.23. The topological polar surface area (TPSA) is 101 Å². The van der Waals surface area contributed by atoms with Gasteiger partial charge in [-0.25, -0.2) is 9.59 Å². The number of benzene rings is 2. The Morgan fingerprint density at radius 3 is 2.18 bits per heavy atom. The van der Waals surface area contributed by atoms with Gasteiger partial charge in [0.1, 0.15) is 5.60 Å². The molecule has 39 heavy (non-hydrogen) atoms. The van der Waals surface area contributed by atoms with Crippen molar-refractivity contribution in [3.63, 3.8) is 0 Å². The van der Waals surface area contributed by atoms with E-state index in [1.165, 1.54) is 4.90 Å². The molecule has 2 N–H and O–H groups in total. The molecule has 0 aliphatic heterocycles. The highest BCUT2D eigenvalue weighted by Gasteiger charge is 2.27. The number of carboxylic acid groups (broad SMARTS) is 1. The zero-order valence-electron chi connectivity index (χ0n) is 24.3. The van der Waals surface area contributed by atoms with Crippen LogP contribution < -0.4 is 10.9 Å². The van der Waals surface area contributed by atoms with Crippen LogP contribution in [0, 0.1) is 5.92 Å². The van der Waals surface area contributed by atoms with Gasteiger partial charge in [-0.15, -0.1) is 0 Å². The van der Waals surface area contributed by atoms with Crippen LogP contribution in [0.5, 0.6) is 0 Å². The molecular formula is C31H41N3O5. The summed E-state index contributed by atoms with van der Waals surface area (Å²) in [6.07, 6.45) is -1.58. The molecule has 0 radical (unpaired) electrons. The van der Waals surface area contributed by atoms with E-state index in [4.69, 9.17) is 4.74 Å². The molecule has 1 aromatic heterocycles. The summed E-state index contributed by atoms with van der Waals surface area (Å²) in [5, 5.41) is 13.9. The minimum atomic E-state index is -1.01. The van der Waals surface area contributed by atoms with Crippen LogP contribution in [0.25, 0.3) is 21.9 Å². The Morgan fingerprint density at radius 2 is 1.64 bits per heavy atom. The van der Waals surface area contributed by atoms with Crippen molar-refractivity contribution in [1.82, 2.24) is 14.8 Å². The molecule has 0 aliphatic carbocycles. The molecule has 0 aliphatic rings. The zero-order valence-corrected chi connectivity index (χ0v) is 24.3. The van der Waals surface area contributed by atoms with E-state index < -0.39 is 23.3 Å². The number of rotatable bonds is 7. The van der Waals surface area contributed by atoms with Crippen LogP contribution in [-0.4, -0.2) is 37.9 Å². The molecule has 0 saturated heterocycles. The Balaban J connectivity index is 2.29. The lowest BCUT2D eigenvalue weighted by Crippen LogP contribution is -2.44. The quantitative estimate of drug-likeness (QED) is 0.354. The summed E-state index contributed by atoms with van der Waals surface area (Å²) in [5.74, 6) is 0.180. The smallest absolute Gasteiger partial charge is 0.408 e. The maximum Gasteiger partial charge on any atom is 0.408 e. The zero-order chi connectivity index (χ0) is 29.1. The van der Waals surface area contributed by atoms with Gasteiger partial charge in [-0.2, -0.15) is 0 Å². The summed E-state index contributed by atoms with van der Waals surface area (Å²) in [6, 6.07) is 15.2. The van der Waals surface area contributed by atoms with Crippen LogP contribution >= 0.6 is 0 Å². The molecule has 210 valence electrons. The number of ether oxygens (including phenoxy) is 1. The number of nitrogens with zero attached hydrogens (tertiary/aromatic N) is 2. The predicted molar refractivity (Wildman–Crippen MR) is 155 cm³/mol. The predicted octanol–water partition coefficient (Wildman–Crippen LogP) is 6.63. The molecule has 0 fully saturated rings. The highest BCUT2D eigenvalue weighted by molar-refractivity contribution is 5.98. The first-order valence-electron chi connectivity index (χ1n) is 13.3. The molecule has 0 unspecified atom stereocenters. The average Bonchev–Trinajstić information content (AvgIpc) is 2.81. The van der Waals surface area contributed by atoms with Crippen LogP contribution in [0.1, 0.15) is 66.6 Å². The number of nitrogens with one attached hydrogen (secondary N) is 1. The van der Waals surface area contributed by atoms with E-state index in [0.29, 0.717) is 23.0 Å². The fourth-order valence-corrected chi connectivity index (χ4v) is 4.55. The van der Waals surface area contributed by atoms with Gasteiger partial charge in [0.05, 0.1) is 6.54 Å². The lowest BCUT2D eigenvalue weighted by atomic mass is 9.94. The van der Waals surface area contributed by atoms with E-state index in [9.17, 15) is 19.5 Å². The van der Waals surface area contributed by atoms with Crippen molar-refractivity contribution in [3.05, 3.63) is 70.1 Å². The van der Waals surface area contributed by atoms with Crippen molar-refractivity contribution in [1.29, 1.82) is 0 Å². The van der Waals surface area contributed by atoms with Crippen molar-refractivity contribution in [2.45, 2.75) is 86.2 Å². The Hall–Kier alpha value is -3.81. The lowest BCUT2D eigenvalue weighted by Gasteiger charge is -2.33. The van der Waals surface area contributed by atoms with Crippen molar-refractivity contribution >= 4 is 23.0 Å². The van der Waals surface area contributed by atoms with Gasteiger partial charge in [-0.1, -0.05) is 50.2 Å². The maximum atomic E-state index is 13.9. The van der Waals surface area contributed by atoms with Gasteiger partial charge in [0.25, 0.3) is 5.56 Å². The molecule has 3 rings (SSSR count). The standard InChI is InChI=1S/C31H41N3O5/c1-20(2)18-33-25(17-32-28(36)39-31(6,7)8)26(22-12-10-9-11-13-22)24-16-21(14-15-23(24)27(33)35)19-34(29(37)38)30(3,4)5/h9-16,20H,17-19H2,1-8H3,(H,32,36)(H,37,38). The molecule has 0 spiro atoms. The van der Waals surface area contributed by atoms with Gasteiger partial charge in [0.15, 0.2) is 0 Å². The number of aromatic nitrogens is 1. The number of amides is 2. The molecule has 2 amide bonds. The number of fused-ring (bicyclic) bond motifs is 1. The van der Waals surface area contributed by atoms with Gasteiger partial charge in [-0.05, 0) is 76.1 Å². The second-order valence-electron chi connectivity index (χ2n) is 12.3. The van der Waals surface area contributed by atoms with Crippen molar-refractivity contribution in [2.75, 3.05) is 0 Å². The van der Waals surface area contributed by atoms with E-state index in [1.54, 1.807) is 31.4 Å². The Morgan fingerprint density at radius 1 is 1.00 bits per heavy atom.